The van der Waals surface area contributed by atoms with Gasteiger partial charge in [0, 0.05) is 23.8 Å². The molecule has 12 heteroatoms. The Bertz CT molecular complexity index is 1570. The molecular formula is C29H29N7O3S2. The molecule has 1 aliphatic carbocycles. The van der Waals surface area contributed by atoms with Crippen LogP contribution in [0.25, 0.3) is 0 Å². The SMILES string of the molecule is CC(=O)Nn1c(Cc2c(NC(=O)c3ccccc3)sc3c2CCCC3)nnc1SCC(=O)N/N=C/c1ccccc1. The first kappa shape index (κ1) is 28.2. The minimum absolute atomic E-state index is 0.0239. The van der Waals surface area contributed by atoms with E-state index in [1.807, 2.05) is 48.5 Å². The minimum atomic E-state index is -0.320. The van der Waals surface area contributed by atoms with Crippen molar-refractivity contribution in [2.45, 2.75) is 44.2 Å². The monoisotopic (exact) mass is 587 g/mol. The van der Waals surface area contributed by atoms with Gasteiger partial charge in [-0.2, -0.15) is 5.10 Å². The first-order chi connectivity index (χ1) is 20.0. The highest BCUT2D eigenvalue weighted by molar-refractivity contribution is 7.99. The third-order valence-electron chi connectivity index (χ3n) is 6.38. The van der Waals surface area contributed by atoms with Gasteiger partial charge in [0.05, 0.1) is 17.0 Å². The van der Waals surface area contributed by atoms with E-state index in [1.54, 1.807) is 29.7 Å². The minimum Gasteiger partial charge on any atom is -0.313 e. The van der Waals surface area contributed by atoms with Gasteiger partial charge < -0.3 is 5.32 Å². The molecule has 210 valence electrons. The van der Waals surface area contributed by atoms with Crippen LogP contribution >= 0.6 is 23.1 Å². The summed E-state index contributed by atoms with van der Waals surface area (Å²) in [5, 5.41) is 16.9. The highest BCUT2D eigenvalue weighted by atomic mass is 32.2. The summed E-state index contributed by atoms with van der Waals surface area (Å²) in [6.07, 6.45) is 5.99. The maximum atomic E-state index is 13.0. The third-order valence-corrected chi connectivity index (χ3v) is 8.56. The van der Waals surface area contributed by atoms with E-state index in [2.05, 4.69) is 31.5 Å². The van der Waals surface area contributed by atoms with Crippen LogP contribution in [0.2, 0.25) is 0 Å². The van der Waals surface area contributed by atoms with Gasteiger partial charge in [-0.1, -0.05) is 60.3 Å². The molecule has 0 aliphatic heterocycles. The number of aryl methyl sites for hydroxylation is 1. The number of thiophene rings is 1. The highest BCUT2D eigenvalue weighted by Gasteiger charge is 2.25. The van der Waals surface area contributed by atoms with Crippen molar-refractivity contribution in [2.24, 2.45) is 5.10 Å². The average Bonchev–Trinajstić information content (AvgIpc) is 3.52. The second-order valence-electron chi connectivity index (χ2n) is 9.41. The highest BCUT2D eigenvalue weighted by Crippen LogP contribution is 2.39. The quantitative estimate of drug-likeness (QED) is 0.143. The Hall–Kier alpha value is -4.29. The number of anilines is 1. The molecule has 5 rings (SSSR count). The molecule has 2 aromatic carbocycles. The predicted molar refractivity (Wildman–Crippen MR) is 161 cm³/mol. The van der Waals surface area contributed by atoms with Gasteiger partial charge in [-0.3, -0.25) is 19.8 Å². The average molecular weight is 588 g/mol. The molecule has 2 heterocycles. The van der Waals surface area contributed by atoms with E-state index < -0.39 is 0 Å². The summed E-state index contributed by atoms with van der Waals surface area (Å²) in [4.78, 5) is 38.8. The van der Waals surface area contributed by atoms with Crippen LogP contribution in [0, 0.1) is 0 Å². The summed E-state index contributed by atoms with van der Waals surface area (Å²) in [5.41, 5.74) is 8.94. The fourth-order valence-electron chi connectivity index (χ4n) is 4.50. The van der Waals surface area contributed by atoms with E-state index in [0.717, 1.165) is 53.6 Å². The van der Waals surface area contributed by atoms with Crippen LogP contribution in [0.5, 0.6) is 0 Å². The van der Waals surface area contributed by atoms with Crippen molar-refractivity contribution in [2.75, 3.05) is 16.5 Å². The summed E-state index contributed by atoms with van der Waals surface area (Å²) in [5.74, 6) is -0.262. The lowest BCUT2D eigenvalue weighted by atomic mass is 9.94. The van der Waals surface area contributed by atoms with E-state index in [9.17, 15) is 14.4 Å². The molecular weight excluding hydrogens is 558 g/mol. The number of hydrogen-bond donors (Lipinski definition) is 3. The van der Waals surface area contributed by atoms with Gasteiger partial charge in [0.2, 0.25) is 11.1 Å². The Labute approximate surface area is 245 Å². The zero-order valence-corrected chi connectivity index (χ0v) is 24.1. The number of benzene rings is 2. The van der Waals surface area contributed by atoms with Crippen molar-refractivity contribution < 1.29 is 14.4 Å². The molecule has 0 saturated heterocycles. The number of hydrogen-bond acceptors (Lipinski definition) is 8. The Balaban J connectivity index is 1.33. The number of fused-ring (bicyclic) bond motifs is 1. The molecule has 3 amide bonds. The zero-order valence-electron chi connectivity index (χ0n) is 22.4. The number of rotatable bonds is 10. The number of carbonyl (C=O) groups is 3. The molecule has 0 radical (unpaired) electrons. The summed E-state index contributed by atoms with van der Waals surface area (Å²) >= 11 is 2.74. The molecule has 0 saturated carbocycles. The van der Waals surface area contributed by atoms with Gasteiger partial charge in [0.1, 0.15) is 0 Å². The van der Waals surface area contributed by atoms with Gasteiger partial charge in [0.25, 0.3) is 11.8 Å². The summed E-state index contributed by atoms with van der Waals surface area (Å²) < 4.78 is 1.52. The van der Waals surface area contributed by atoms with E-state index in [-0.39, 0.29) is 23.5 Å². The Kier molecular flexibility index (Phi) is 9.22. The lowest BCUT2D eigenvalue weighted by Crippen LogP contribution is -2.24. The molecule has 0 atom stereocenters. The summed E-state index contributed by atoms with van der Waals surface area (Å²) in [6.45, 7) is 1.40. The standard InChI is InChI=1S/C29H29N7O3S2/c1-19(37)35-36-25(32-34-29(36)40-18-26(38)33-30-17-20-10-4-2-5-11-20)16-23-22-14-8-9-15-24(22)41-28(23)31-27(39)21-12-6-3-7-13-21/h2-7,10-13,17H,8-9,14-16,18H2,1H3,(H,31,39)(H,33,38)(H,35,37)/b30-17+. The van der Waals surface area contributed by atoms with E-state index in [0.29, 0.717) is 23.0 Å². The van der Waals surface area contributed by atoms with Crippen LogP contribution in [0.15, 0.2) is 70.9 Å². The molecule has 4 aromatic rings. The first-order valence-corrected chi connectivity index (χ1v) is 15.0. The second kappa shape index (κ2) is 13.4. The Morgan fingerprint density at radius 1 is 1.02 bits per heavy atom. The normalized spacial score (nSPS) is 12.6. The number of nitrogens with one attached hydrogen (secondary N) is 3. The van der Waals surface area contributed by atoms with Crippen LogP contribution in [0.3, 0.4) is 0 Å². The number of carbonyl (C=O) groups excluding carboxylic acids is 3. The maximum absolute atomic E-state index is 13.0. The summed E-state index contributed by atoms with van der Waals surface area (Å²) in [6, 6.07) is 18.5. The predicted octanol–water partition coefficient (Wildman–Crippen LogP) is 4.39. The van der Waals surface area contributed by atoms with Gasteiger partial charge >= 0.3 is 0 Å². The van der Waals surface area contributed by atoms with Crippen LogP contribution in [-0.2, 0) is 28.9 Å². The first-order valence-electron chi connectivity index (χ1n) is 13.2. The van der Waals surface area contributed by atoms with Crippen LogP contribution in [0.1, 0.15) is 57.5 Å². The lowest BCUT2D eigenvalue weighted by Gasteiger charge is -2.14. The molecule has 0 bridgehead atoms. The van der Waals surface area contributed by atoms with Crippen molar-refractivity contribution in [3.8, 4) is 0 Å². The third kappa shape index (κ3) is 7.27. The fourth-order valence-corrected chi connectivity index (χ4v) is 6.51. The second-order valence-corrected chi connectivity index (χ2v) is 11.5. The molecule has 1 aliphatic rings. The van der Waals surface area contributed by atoms with Gasteiger partial charge in [-0.25, -0.2) is 10.1 Å². The number of hydrazone groups is 1. The van der Waals surface area contributed by atoms with Crippen LogP contribution in [0.4, 0.5) is 5.00 Å². The number of thioether (sulfide) groups is 1. The lowest BCUT2D eigenvalue weighted by molar-refractivity contribution is -0.118. The smallest absolute Gasteiger partial charge is 0.256 e. The fraction of sp³-hybridized carbons (Fsp3) is 0.241. The molecule has 0 spiro atoms. The van der Waals surface area contributed by atoms with E-state index >= 15 is 0 Å². The van der Waals surface area contributed by atoms with Crippen molar-refractivity contribution in [1.29, 1.82) is 0 Å². The molecule has 0 fully saturated rings. The van der Waals surface area contributed by atoms with Crippen molar-refractivity contribution in [1.82, 2.24) is 20.3 Å². The van der Waals surface area contributed by atoms with E-state index in [4.69, 9.17) is 0 Å². The Morgan fingerprint density at radius 2 is 1.76 bits per heavy atom. The number of nitrogens with zero attached hydrogens (tertiary/aromatic N) is 4. The van der Waals surface area contributed by atoms with Gasteiger partial charge in [0.15, 0.2) is 5.82 Å². The molecule has 41 heavy (non-hydrogen) atoms. The molecule has 10 nitrogen and oxygen atoms in total. The molecule has 3 N–H and O–H groups in total. The van der Waals surface area contributed by atoms with Gasteiger partial charge in [-0.05, 0) is 54.5 Å². The zero-order chi connectivity index (χ0) is 28.6. The summed E-state index contributed by atoms with van der Waals surface area (Å²) in [7, 11) is 0. The van der Waals surface area contributed by atoms with Gasteiger partial charge in [-0.15, -0.1) is 21.5 Å². The maximum Gasteiger partial charge on any atom is 0.256 e. The van der Waals surface area contributed by atoms with E-state index in [1.165, 1.54) is 22.0 Å². The number of aromatic nitrogens is 3. The largest absolute Gasteiger partial charge is 0.313 e. The van der Waals surface area contributed by atoms with Crippen LogP contribution < -0.4 is 16.2 Å². The Morgan fingerprint density at radius 3 is 2.51 bits per heavy atom. The van der Waals surface area contributed by atoms with Crippen molar-refractivity contribution in [3.63, 3.8) is 0 Å². The van der Waals surface area contributed by atoms with Crippen molar-refractivity contribution >= 4 is 52.0 Å². The van der Waals surface area contributed by atoms with Crippen LogP contribution in [-0.4, -0.2) is 44.6 Å². The molecule has 2 aromatic heterocycles. The topological polar surface area (TPSA) is 130 Å². The number of amides is 3. The molecule has 0 unspecified atom stereocenters. The van der Waals surface area contributed by atoms with Crippen molar-refractivity contribution in [3.05, 3.63) is 93.6 Å².